The van der Waals surface area contributed by atoms with E-state index in [1.54, 1.807) is 0 Å². The molecule has 188 valence electrons. The Kier molecular flexibility index (Phi) is 10.5. The van der Waals surface area contributed by atoms with Gasteiger partial charge in [-0.15, -0.1) is 0 Å². The third kappa shape index (κ3) is 8.08. The average molecular weight is 475 g/mol. The second-order valence-electron chi connectivity index (χ2n) is 9.90. The van der Waals surface area contributed by atoms with Gasteiger partial charge in [-0.25, -0.2) is 0 Å². The zero-order valence-corrected chi connectivity index (χ0v) is 21.4. The molecule has 0 saturated carbocycles. The molecule has 0 bridgehead atoms. The van der Waals surface area contributed by atoms with Gasteiger partial charge in [0.15, 0.2) is 6.29 Å². The third-order valence-corrected chi connectivity index (χ3v) is 7.08. The molecule has 3 heteroatoms. The fourth-order valence-electron chi connectivity index (χ4n) is 4.84. The highest BCUT2D eigenvalue weighted by Gasteiger charge is 2.24. The molecule has 0 N–H and O–H groups in total. The number of ether oxygens (including phenoxy) is 3. The number of rotatable bonds is 14. The minimum Gasteiger partial charge on any atom is -0.494 e. The molecular formula is C32H42O3. The van der Waals surface area contributed by atoms with E-state index in [4.69, 9.17) is 14.2 Å². The highest BCUT2D eigenvalue weighted by Crippen LogP contribution is 2.32. The standard InChI is InChI=1S/C32H42O3/c1-2-3-4-5-6-7-8-9-10-11-23-33-31-21-19-28(20-22-31)30-24-34-32(35-25-30)29-17-15-26-13-12-14-27(26)16-18-29/h12-22,30,32H,2-11,23-25H2,1H3. The lowest BCUT2D eigenvalue weighted by Crippen LogP contribution is -2.25. The van der Waals surface area contributed by atoms with Gasteiger partial charge in [-0.3, -0.25) is 0 Å². The highest BCUT2D eigenvalue weighted by atomic mass is 16.7. The largest absolute Gasteiger partial charge is 0.494 e. The molecule has 0 aromatic heterocycles. The zero-order chi connectivity index (χ0) is 24.1. The Morgan fingerprint density at radius 2 is 1.17 bits per heavy atom. The first kappa shape index (κ1) is 25.7. The van der Waals surface area contributed by atoms with E-state index in [0.29, 0.717) is 13.2 Å². The van der Waals surface area contributed by atoms with Crippen molar-refractivity contribution in [3.63, 3.8) is 0 Å². The summed E-state index contributed by atoms with van der Waals surface area (Å²) in [7, 11) is 0. The fraction of sp³-hybridized carbons (Fsp3) is 0.500. The Bertz CT molecular complexity index is 912. The first-order valence-corrected chi connectivity index (χ1v) is 13.8. The van der Waals surface area contributed by atoms with E-state index in [9.17, 15) is 0 Å². The SMILES string of the molecule is CCCCCCCCCCCCOc1ccc(C2COC(c3ccc4cccc-4cc3)OC2)cc1. The lowest BCUT2D eigenvalue weighted by molar-refractivity contribution is -0.191. The van der Waals surface area contributed by atoms with Crippen LogP contribution in [0.1, 0.15) is 94.5 Å². The van der Waals surface area contributed by atoms with Gasteiger partial charge in [0.25, 0.3) is 0 Å². The van der Waals surface area contributed by atoms with Crippen LogP contribution in [0.25, 0.3) is 11.1 Å². The van der Waals surface area contributed by atoms with Crippen molar-refractivity contribution in [2.45, 2.75) is 83.3 Å². The summed E-state index contributed by atoms with van der Waals surface area (Å²) in [6, 6.07) is 23.3. The predicted molar refractivity (Wildman–Crippen MR) is 144 cm³/mol. The summed E-state index contributed by atoms with van der Waals surface area (Å²) in [5.74, 6) is 1.21. The molecule has 1 fully saturated rings. The molecular weight excluding hydrogens is 432 g/mol. The van der Waals surface area contributed by atoms with E-state index in [0.717, 1.165) is 24.3 Å². The number of fused-ring (bicyclic) bond motifs is 1. The molecule has 1 aromatic rings. The van der Waals surface area contributed by atoms with Crippen molar-refractivity contribution in [3.8, 4) is 16.9 Å². The van der Waals surface area contributed by atoms with Crippen molar-refractivity contribution in [2.24, 2.45) is 0 Å². The number of unbranched alkanes of at least 4 members (excludes halogenated alkanes) is 9. The maximum atomic E-state index is 6.10. The van der Waals surface area contributed by atoms with Gasteiger partial charge in [-0.1, -0.05) is 119 Å². The molecule has 0 spiro atoms. The van der Waals surface area contributed by atoms with Gasteiger partial charge < -0.3 is 14.2 Å². The Balaban J connectivity index is 1.11. The quantitative estimate of drug-likeness (QED) is 0.218. The molecule has 2 aliphatic carbocycles. The molecule has 0 radical (unpaired) electrons. The molecule has 0 atom stereocenters. The molecule has 1 heterocycles. The van der Waals surface area contributed by atoms with Crippen LogP contribution < -0.4 is 4.74 Å². The highest BCUT2D eigenvalue weighted by molar-refractivity contribution is 5.65. The normalized spacial score (nSPS) is 18.1. The van der Waals surface area contributed by atoms with Crippen LogP contribution in [-0.2, 0) is 9.47 Å². The second kappa shape index (κ2) is 14.3. The molecule has 1 saturated heterocycles. The van der Waals surface area contributed by atoms with Crippen LogP contribution >= 0.6 is 0 Å². The second-order valence-corrected chi connectivity index (χ2v) is 9.90. The van der Waals surface area contributed by atoms with Gasteiger partial charge in [-0.05, 0) is 35.2 Å². The molecule has 0 unspecified atom stereocenters. The number of hydrogen-bond acceptors (Lipinski definition) is 3. The summed E-state index contributed by atoms with van der Waals surface area (Å²) in [6.07, 6.45) is 13.2. The molecule has 35 heavy (non-hydrogen) atoms. The van der Waals surface area contributed by atoms with Gasteiger partial charge in [0.2, 0.25) is 0 Å². The van der Waals surface area contributed by atoms with Crippen molar-refractivity contribution in [1.82, 2.24) is 0 Å². The van der Waals surface area contributed by atoms with Crippen LogP contribution in [0.5, 0.6) is 5.75 Å². The molecule has 0 amide bonds. The molecule has 1 aromatic carbocycles. The summed E-state index contributed by atoms with van der Waals surface area (Å²) in [5.41, 5.74) is 4.78. The summed E-state index contributed by atoms with van der Waals surface area (Å²) in [6.45, 7) is 4.40. The molecule has 4 rings (SSSR count). The van der Waals surface area contributed by atoms with Crippen LogP contribution in [0.15, 0.2) is 66.7 Å². The Hall–Kier alpha value is -2.36. The van der Waals surface area contributed by atoms with E-state index >= 15 is 0 Å². The monoisotopic (exact) mass is 474 g/mol. The van der Waals surface area contributed by atoms with Gasteiger partial charge in [0.1, 0.15) is 5.75 Å². The Morgan fingerprint density at radius 1 is 0.629 bits per heavy atom. The van der Waals surface area contributed by atoms with Gasteiger partial charge in [0.05, 0.1) is 19.8 Å². The van der Waals surface area contributed by atoms with E-state index < -0.39 is 0 Å². The predicted octanol–water partition coefficient (Wildman–Crippen LogP) is 8.92. The summed E-state index contributed by atoms with van der Waals surface area (Å²) in [5, 5.41) is 0. The number of benzene rings is 1. The molecule has 3 nitrogen and oxygen atoms in total. The number of hydrogen-bond donors (Lipinski definition) is 0. The van der Waals surface area contributed by atoms with Crippen LogP contribution in [-0.4, -0.2) is 19.8 Å². The van der Waals surface area contributed by atoms with Gasteiger partial charge in [0, 0.05) is 11.5 Å². The maximum Gasteiger partial charge on any atom is 0.183 e. The van der Waals surface area contributed by atoms with Crippen molar-refractivity contribution in [1.29, 1.82) is 0 Å². The lowest BCUT2D eigenvalue weighted by atomic mass is 10.00. The minimum atomic E-state index is -0.300. The lowest BCUT2D eigenvalue weighted by Gasteiger charge is -2.29. The summed E-state index contributed by atoms with van der Waals surface area (Å²) < 4.78 is 18.2. The van der Waals surface area contributed by atoms with Crippen molar-refractivity contribution >= 4 is 0 Å². The molecule has 1 aliphatic heterocycles. The van der Waals surface area contributed by atoms with E-state index in [1.807, 2.05) is 0 Å². The smallest absolute Gasteiger partial charge is 0.183 e. The van der Waals surface area contributed by atoms with Crippen LogP contribution in [0.3, 0.4) is 0 Å². The summed E-state index contributed by atoms with van der Waals surface area (Å²) >= 11 is 0. The summed E-state index contributed by atoms with van der Waals surface area (Å²) in [4.78, 5) is 0. The first-order chi connectivity index (χ1) is 17.3. The fourth-order valence-corrected chi connectivity index (χ4v) is 4.84. The third-order valence-electron chi connectivity index (χ3n) is 7.08. The Labute approximate surface area is 212 Å². The van der Waals surface area contributed by atoms with Crippen LogP contribution in [0, 0.1) is 0 Å². The van der Waals surface area contributed by atoms with E-state index in [2.05, 4.69) is 73.7 Å². The first-order valence-electron chi connectivity index (χ1n) is 13.8. The topological polar surface area (TPSA) is 27.7 Å². The van der Waals surface area contributed by atoms with Crippen molar-refractivity contribution < 1.29 is 14.2 Å². The average Bonchev–Trinajstić information content (AvgIpc) is 3.26. The van der Waals surface area contributed by atoms with Crippen LogP contribution in [0.4, 0.5) is 0 Å². The van der Waals surface area contributed by atoms with Crippen molar-refractivity contribution in [3.05, 3.63) is 77.9 Å². The minimum absolute atomic E-state index is 0.251. The van der Waals surface area contributed by atoms with Crippen LogP contribution in [0.2, 0.25) is 0 Å². The van der Waals surface area contributed by atoms with Crippen molar-refractivity contribution in [2.75, 3.05) is 19.8 Å². The van der Waals surface area contributed by atoms with E-state index in [-0.39, 0.29) is 12.2 Å². The molecule has 3 aliphatic rings. The maximum absolute atomic E-state index is 6.10. The van der Waals surface area contributed by atoms with Gasteiger partial charge in [-0.2, -0.15) is 0 Å². The Morgan fingerprint density at radius 3 is 1.77 bits per heavy atom. The zero-order valence-electron chi connectivity index (χ0n) is 21.4. The van der Waals surface area contributed by atoms with Gasteiger partial charge >= 0.3 is 0 Å². The van der Waals surface area contributed by atoms with E-state index in [1.165, 1.54) is 74.5 Å².